The summed E-state index contributed by atoms with van der Waals surface area (Å²) in [6, 6.07) is 4.71. The normalized spacial score (nSPS) is 21.3. The highest BCUT2D eigenvalue weighted by atomic mass is 19.1. The van der Waals surface area contributed by atoms with E-state index in [4.69, 9.17) is 11.5 Å². The number of halogens is 1. The maximum atomic E-state index is 14.2. The molecule has 1 saturated carbocycles. The molecule has 1 aliphatic rings. The van der Waals surface area contributed by atoms with Gasteiger partial charge >= 0.3 is 0 Å². The largest absolute Gasteiger partial charge is 0.505 e. The second-order valence-electron chi connectivity index (χ2n) is 11.1. The number of nitrogens with one attached hydrogen (secondary N) is 1. The highest BCUT2D eigenvalue weighted by Gasteiger charge is 2.49. The van der Waals surface area contributed by atoms with Crippen molar-refractivity contribution in [1.29, 1.82) is 0 Å². The number of fused-ring (bicyclic) bond motifs is 1. The van der Waals surface area contributed by atoms with Crippen LogP contribution in [0.25, 0.3) is 16.6 Å². The first-order chi connectivity index (χ1) is 17.9. The molecule has 1 aromatic carbocycles. The molecular formula is C28H35FN8O. The minimum atomic E-state index is -0.747. The highest BCUT2D eigenvalue weighted by molar-refractivity contribution is 6.06. The number of nitrogens with zero attached hydrogens (tertiary/aromatic N) is 5. The van der Waals surface area contributed by atoms with Gasteiger partial charge in [-0.3, -0.25) is 4.68 Å². The van der Waals surface area contributed by atoms with Crippen LogP contribution in [-0.4, -0.2) is 41.9 Å². The Morgan fingerprint density at radius 2 is 1.95 bits per heavy atom. The highest BCUT2D eigenvalue weighted by Crippen LogP contribution is 2.46. The molecule has 0 unspecified atom stereocenters. The van der Waals surface area contributed by atoms with Crippen LogP contribution >= 0.6 is 0 Å². The molecule has 0 amide bonds. The zero-order valence-corrected chi connectivity index (χ0v) is 22.5. The van der Waals surface area contributed by atoms with Gasteiger partial charge in [0.1, 0.15) is 5.84 Å². The summed E-state index contributed by atoms with van der Waals surface area (Å²) in [5.41, 5.74) is 17.9. The minimum absolute atomic E-state index is 0.0734. The first-order valence-electron chi connectivity index (χ1n) is 12.8. The van der Waals surface area contributed by atoms with Gasteiger partial charge in [-0.25, -0.2) is 13.9 Å². The number of benzene rings is 1. The number of aryl methyl sites for hydroxylation is 2. The summed E-state index contributed by atoms with van der Waals surface area (Å²) in [6.07, 6.45) is 9.71. The number of aliphatic imine (C=N–C) groups is 1. The third kappa shape index (κ3) is 4.28. The fourth-order valence-electron chi connectivity index (χ4n) is 5.25. The zero-order chi connectivity index (χ0) is 27.4. The van der Waals surface area contributed by atoms with Gasteiger partial charge < -0.3 is 21.9 Å². The maximum absolute atomic E-state index is 14.2. The van der Waals surface area contributed by atoms with Gasteiger partial charge in [0.25, 0.3) is 0 Å². The quantitative estimate of drug-likeness (QED) is 0.220. The van der Waals surface area contributed by atoms with E-state index in [0.717, 1.165) is 35.2 Å². The van der Waals surface area contributed by atoms with Crippen molar-refractivity contribution in [3.05, 3.63) is 59.9 Å². The van der Waals surface area contributed by atoms with Gasteiger partial charge in [0.05, 0.1) is 34.8 Å². The third-order valence-corrected chi connectivity index (χ3v) is 8.34. The fourth-order valence-corrected chi connectivity index (χ4v) is 5.25. The van der Waals surface area contributed by atoms with Crippen LogP contribution in [0.2, 0.25) is 0 Å². The summed E-state index contributed by atoms with van der Waals surface area (Å²) in [5.74, 6) is -0.963. The van der Waals surface area contributed by atoms with Crippen LogP contribution < -0.4 is 16.8 Å². The smallest absolute Gasteiger partial charge is 0.166 e. The molecule has 0 bridgehead atoms. The summed E-state index contributed by atoms with van der Waals surface area (Å²) in [4.78, 5) is 4.59. The number of hydrogen-bond acceptors (Lipinski definition) is 6. The molecule has 2 atom stereocenters. The summed E-state index contributed by atoms with van der Waals surface area (Å²) in [5, 5.41) is 22.5. The van der Waals surface area contributed by atoms with Crippen LogP contribution in [0.5, 0.6) is 5.75 Å². The number of hydrogen-bond donors (Lipinski definition) is 4. The van der Waals surface area contributed by atoms with Crippen LogP contribution in [0.4, 0.5) is 15.8 Å². The number of phenols is 1. The van der Waals surface area contributed by atoms with Crippen molar-refractivity contribution in [2.24, 2.45) is 28.9 Å². The molecule has 1 aliphatic carbocycles. The molecule has 3 heterocycles. The number of rotatable bonds is 6. The van der Waals surface area contributed by atoms with E-state index in [-0.39, 0.29) is 22.8 Å². The second-order valence-corrected chi connectivity index (χ2v) is 11.1. The lowest BCUT2D eigenvalue weighted by Crippen LogP contribution is -2.51. The predicted molar refractivity (Wildman–Crippen MR) is 148 cm³/mol. The molecule has 38 heavy (non-hydrogen) atoms. The van der Waals surface area contributed by atoms with Crippen LogP contribution in [0.15, 0.2) is 48.0 Å². The van der Waals surface area contributed by atoms with E-state index in [9.17, 15) is 9.50 Å². The van der Waals surface area contributed by atoms with Gasteiger partial charge in [0, 0.05) is 53.6 Å². The number of anilines is 1. The van der Waals surface area contributed by atoms with Gasteiger partial charge in [-0.2, -0.15) is 10.2 Å². The van der Waals surface area contributed by atoms with Crippen molar-refractivity contribution < 1.29 is 9.50 Å². The fraction of sp³-hybridized carbons (Fsp3) is 0.393. The zero-order valence-electron chi connectivity index (χ0n) is 22.5. The Balaban J connectivity index is 1.66. The van der Waals surface area contributed by atoms with Gasteiger partial charge in [-0.1, -0.05) is 20.8 Å². The Bertz CT molecular complexity index is 1550. The van der Waals surface area contributed by atoms with E-state index in [1.807, 2.05) is 43.1 Å². The van der Waals surface area contributed by atoms with Crippen molar-refractivity contribution in [2.45, 2.75) is 58.5 Å². The number of aromatic hydroxyl groups is 1. The summed E-state index contributed by atoms with van der Waals surface area (Å²) < 4.78 is 17.8. The monoisotopic (exact) mass is 518 g/mol. The average Bonchev–Trinajstić information content (AvgIpc) is 3.54. The SMILES string of the molecule is CCc1cc(O)c(F)cc1N=C(N)c1cnn2cc(-c3cnn(C)c3)cc2c1N[C@@H]1CC[C@](C)(N)C1(C)C. The topological polar surface area (TPSA) is 132 Å². The van der Waals surface area contributed by atoms with Gasteiger partial charge in [0.2, 0.25) is 0 Å². The van der Waals surface area contributed by atoms with E-state index in [0.29, 0.717) is 23.2 Å². The number of aromatic nitrogens is 4. The van der Waals surface area contributed by atoms with Crippen LogP contribution in [0.3, 0.4) is 0 Å². The Morgan fingerprint density at radius 1 is 1.18 bits per heavy atom. The minimum Gasteiger partial charge on any atom is -0.505 e. The molecule has 200 valence electrons. The average molecular weight is 519 g/mol. The van der Waals surface area contributed by atoms with E-state index in [1.165, 1.54) is 12.1 Å². The first-order valence-corrected chi connectivity index (χ1v) is 12.8. The van der Waals surface area contributed by atoms with Crippen molar-refractivity contribution >= 4 is 22.7 Å². The molecule has 0 aliphatic heterocycles. The van der Waals surface area contributed by atoms with Crippen molar-refractivity contribution in [2.75, 3.05) is 5.32 Å². The van der Waals surface area contributed by atoms with E-state index in [1.54, 1.807) is 10.9 Å². The molecule has 0 saturated heterocycles. The number of amidine groups is 1. The molecule has 9 nitrogen and oxygen atoms in total. The van der Waals surface area contributed by atoms with E-state index < -0.39 is 11.6 Å². The number of nitrogens with two attached hydrogens (primary N) is 2. The van der Waals surface area contributed by atoms with Crippen LogP contribution in [0, 0.1) is 11.2 Å². The Morgan fingerprint density at radius 3 is 2.58 bits per heavy atom. The predicted octanol–water partition coefficient (Wildman–Crippen LogP) is 4.50. The van der Waals surface area contributed by atoms with Crippen LogP contribution in [-0.2, 0) is 13.5 Å². The molecular weight excluding hydrogens is 483 g/mol. The van der Waals surface area contributed by atoms with Crippen molar-refractivity contribution in [3.63, 3.8) is 0 Å². The van der Waals surface area contributed by atoms with E-state index >= 15 is 0 Å². The summed E-state index contributed by atoms with van der Waals surface area (Å²) >= 11 is 0. The lowest BCUT2D eigenvalue weighted by molar-refractivity contribution is 0.215. The molecule has 1 fully saturated rings. The van der Waals surface area contributed by atoms with Crippen molar-refractivity contribution in [3.8, 4) is 16.9 Å². The maximum Gasteiger partial charge on any atom is 0.166 e. The Kier molecular flexibility index (Phi) is 6.18. The Hall–Kier alpha value is -3.92. The lowest BCUT2D eigenvalue weighted by Gasteiger charge is -2.39. The lowest BCUT2D eigenvalue weighted by atomic mass is 9.75. The summed E-state index contributed by atoms with van der Waals surface area (Å²) in [6.45, 7) is 8.37. The second kappa shape index (κ2) is 9.13. The van der Waals surface area contributed by atoms with Gasteiger partial charge in [-0.15, -0.1) is 0 Å². The molecule has 3 aromatic heterocycles. The molecule has 6 N–H and O–H groups in total. The van der Waals surface area contributed by atoms with Gasteiger partial charge in [0.15, 0.2) is 11.6 Å². The third-order valence-electron chi connectivity index (χ3n) is 8.34. The molecule has 5 rings (SSSR count). The Labute approximate surface area is 221 Å². The van der Waals surface area contributed by atoms with Crippen LogP contribution in [0.1, 0.15) is 51.7 Å². The van der Waals surface area contributed by atoms with E-state index in [2.05, 4.69) is 41.3 Å². The molecule has 10 heteroatoms. The molecule has 4 aromatic rings. The standard InChI is InChI=1S/C28H35FN8O/c1-6-16-10-23(38)20(29)11-21(16)34-26(30)19-13-33-37-15-17(18-12-32-36(5)14-18)9-22(37)25(19)35-24-7-8-28(4,31)27(24,2)3/h9-15,24,35,38H,6-8,31H2,1-5H3,(H2,30,34)/t24-,28+/m1/s1. The molecule has 0 radical (unpaired) electrons. The summed E-state index contributed by atoms with van der Waals surface area (Å²) in [7, 11) is 1.88. The molecule has 0 spiro atoms. The first kappa shape index (κ1) is 25.7. The van der Waals surface area contributed by atoms with Gasteiger partial charge in [-0.05, 0) is 43.9 Å². The number of phenolic OH excluding ortho intramolecular Hbond substituents is 1. The van der Waals surface area contributed by atoms with Crippen molar-refractivity contribution in [1.82, 2.24) is 19.4 Å².